The van der Waals surface area contributed by atoms with Gasteiger partial charge in [0.05, 0.1) is 25.7 Å². The van der Waals surface area contributed by atoms with E-state index < -0.39 is 252 Å². The average Bonchev–Trinajstić information content (AvgIpc) is 0.841. The van der Waals surface area contributed by atoms with E-state index in [4.69, 9.17) is 50.6 Å². The lowest BCUT2D eigenvalue weighted by molar-refractivity contribution is -0.143. The van der Waals surface area contributed by atoms with Crippen molar-refractivity contribution in [1.82, 2.24) is 101 Å². The Balaban J connectivity index is 2.48. The Kier molecular flexibility index (Phi) is 55.4. The Morgan fingerprint density at radius 2 is 0.679 bits per heavy atom. The third kappa shape index (κ3) is 47.8. The number of nitrogens with one attached hydrogen (secondary N) is 22. The van der Waals surface area contributed by atoms with Crippen molar-refractivity contribution in [2.24, 2.45) is 58.1 Å². The third-order valence-electron chi connectivity index (χ3n) is 20.7. The lowest BCUT2D eigenvalue weighted by Gasteiger charge is -2.29. The quantitative estimate of drug-likeness (QED) is 0.0127. The maximum Gasteiger partial charge on any atom is 0.328 e. The molecule has 0 spiro atoms. The van der Waals surface area contributed by atoms with E-state index >= 15 is 0 Å². The van der Waals surface area contributed by atoms with Crippen LogP contribution in [0.4, 0.5) is 0 Å². The maximum absolute atomic E-state index is 15.0. The molecule has 38 N–H and O–H groups in total. The van der Waals surface area contributed by atoms with Crippen LogP contribution in [0.2, 0.25) is 0 Å². The molecule has 0 unspecified atom stereocenters. The minimum Gasteiger partial charge on any atom is -0.508 e. The highest BCUT2D eigenvalue weighted by atomic mass is 32.1. The number of primary amides is 1. The van der Waals surface area contributed by atoms with E-state index in [-0.39, 0.29) is 145 Å². The number of unbranched alkanes of at least 4 members (excludes halogenated alkanes) is 1. The molecule has 0 aliphatic rings. The topological polar surface area (TPSA) is 844 Å². The molecule has 17 amide bonds. The molecule has 0 saturated carbocycles. The van der Waals surface area contributed by atoms with Gasteiger partial charge < -0.3 is 156 Å². The molecule has 0 heterocycles. The van der Waals surface area contributed by atoms with Gasteiger partial charge in [-0.25, -0.2) is 4.79 Å². The molecule has 50 nitrogen and oxygen atoms in total. The van der Waals surface area contributed by atoms with Gasteiger partial charge in [0.1, 0.15) is 96.1 Å². The number of phenols is 2. The van der Waals surface area contributed by atoms with Crippen molar-refractivity contribution in [3.8, 4) is 11.5 Å². The molecule has 0 aromatic heterocycles. The Morgan fingerprint density at radius 1 is 0.350 bits per heavy atom. The highest BCUT2D eigenvalue weighted by Crippen LogP contribution is 2.18. The molecule has 0 saturated heterocycles. The molecule has 0 aliphatic heterocycles. The summed E-state index contributed by atoms with van der Waals surface area (Å²) in [5.41, 5.74) is 34.6. The summed E-state index contributed by atoms with van der Waals surface area (Å²) >= 11 is 8.59. The van der Waals surface area contributed by atoms with Crippen molar-refractivity contribution in [3.63, 3.8) is 0 Å². The second-order valence-corrected chi connectivity index (χ2v) is 34.9. The van der Waals surface area contributed by atoms with Crippen LogP contribution in [0.1, 0.15) is 157 Å². The van der Waals surface area contributed by atoms with Crippen LogP contribution in [-0.2, 0) is 99.1 Å². The number of phenolic OH excluding ortho intramolecular Hbond substituents is 2. The van der Waals surface area contributed by atoms with Crippen molar-refractivity contribution < 1.29 is 107 Å². The van der Waals surface area contributed by atoms with Crippen LogP contribution >= 0.6 is 25.3 Å². The number of aromatic hydroxyl groups is 2. The number of aliphatic carboxylic acids is 1. The molecule has 15 atom stereocenters. The number of aliphatic hydroxyl groups is 1. The van der Waals surface area contributed by atoms with E-state index in [1.807, 2.05) is 13.8 Å². The summed E-state index contributed by atoms with van der Waals surface area (Å²) < 4.78 is 0. The number of carbonyl (C=O) groups is 18. The molecule has 0 fully saturated rings. The van der Waals surface area contributed by atoms with Gasteiger partial charge >= 0.3 is 5.97 Å². The Morgan fingerprint density at radius 3 is 1.07 bits per heavy atom. The van der Waals surface area contributed by atoms with Gasteiger partial charge in [-0.15, -0.1) is 0 Å². The normalized spacial score (nSPS) is 14.4. The third-order valence-corrected chi connectivity index (χ3v) is 21.5. The number of benzene rings is 2. The minimum atomic E-state index is -1.68. The van der Waals surface area contributed by atoms with Gasteiger partial charge in [0.2, 0.25) is 100 Å². The molecule has 137 heavy (non-hydrogen) atoms. The largest absolute Gasteiger partial charge is 0.508 e. The van der Waals surface area contributed by atoms with E-state index in [0.29, 0.717) is 17.5 Å². The fourth-order valence-corrected chi connectivity index (χ4v) is 13.7. The monoisotopic (exact) mass is 1970 g/mol. The van der Waals surface area contributed by atoms with E-state index in [9.17, 15) is 107 Å². The van der Waals surface area contributed by atoms with Gasteiger partial charge in [-0.1, -0.05) is 79.7 Å². The number of hydrogen-bond donors (Lipinski definition) is 34. The molecule has 766 valence electrons. The average molecular weight is 1970 g/mol. The summed E-state index contributed by atoms with van der Waals surface area (Å²) in [6, 6.07) is -11.1. The Bertz CT molecular complexity index is 4390. The van der Waals surface area contributed by atoms with Crippen LogP contribution in [0.25, 0.3) is 0 Å². The number of carboxylic acids is 1. The van der Waals surface area contributed by atoms with Gasteiger partial charge in [-0.3, -0.25) is 97.7 Å². The van der Waals surface area contributed by atoms with E-state index in [0.717, 1.165) is 0 Å². The molecule has 2 aromatic rings. The fraction of sp³-hybridized carbons (Fsp3) is 0.612. The smallest absolute Gasteiger partial charge is 0.328 e. The zero-order valence-electron chi connectivity index (χ0n) is 78.6. The number of guanidine groups is 3. The number of carbonyl (C=O) groups excluding carboxylic acids is 17. The predicted octanol–water partition coefficient (Wildman–Crippen LogP) is -8.23. The number of amides is 17. The summed E-state index contributed by atoms with van der Waals surface area (Å²) in [5, 5.41) is 110. The summed E-state index contributed by atoms with van der Waals surface area (Å²) in [7, 11) is 0. The van der Waals surface area contributed by atoms with Gasteiger partial charge in [-0.05, 0) is 150 Å². The van der Waals surface area contributed by atoms with Gasteiger partial charge in [-0.2, -0.15) is 25.3 Å². The lowest BCUT2D eigenvalue weighted by Crippen LogP contribution is -2.61. The van der Waals surface area contributed by atoms with E-state index in [1.165, 1.54) is 69.3 Å². The fourth-order valence-electron chi connectivity index (χ4n) is 13.2. The predicted molar refractivity (Wildman–Crippen MR) is 510 cm³/mol. The van der Waals surface area contributed by atoms with Crippen LogP contribution in [0.3, 0.4) is 0 Å². The zero-order valence-corrected chi connectivity index (χ0v) is 80.3. The molecular formula is C85H142N28O22S2. The Hall–Kier alpha value is -13.1. The molecule has 0 radical (unpaired) electrons. The second-order valence-electron chi connectivity index (χ2n) is 34.1. The lowest BCUT2D eigenvalue weighted by atomic mass is 9.99. The molecular weight excluding hydrogens is 1830 g/mol. The van der Waals surface area contributed by atoms with E-state index in [1.54, 1.807) is 27.7 Å². The van der Waals surface area contributed by atoms with Crippen LogP contribution in [0.15, 0.2) is 48.5 Å². The highest BCUT2D eigenvalue weighted by Gasteiger charge is 2.39. The summed E-state index contributed by atoms with van der Waals surface area (Å²) in [4.78, 5) is 249. The van der Waals surface area contributed by atoms with Gasteiger partial charge in [0.25, 0.3) is 0 Å². The number of nitrogens with two attached hydrogens (primary N) is 6. The SMILES string of the molecule is CC(C)C[C@H](NC(=O)[C@@H](NC(=O)[C@H](C)NC(=O)[C@H](CS)NC(=O)[C@H](CCCNC(=N)N)NC(=O)CNC(=O)CNC(=O)[C@H](CCCNC(=N)N)NC(=O)[C@@H](NC(=O)[C@H](CCCNC(=N)N)NC(=O)[C@H](CS)NC(=O)[C@H](Cc1ccc(O)cc1)NC(=O)[C@H](Cc1ccc(O)cc1)NC(=O)[C@H](CCCCN)NC(=O)[C@H](CCC(N)=O)NC(=O)[C@@H](N)CC(C)C)C(C)C)C(C)C)C(=O)N[C@@H](CO)C(=O)O. The van der Waals surface area contributed by atoms with Crippen molar-refractivity contribution in [2.75, 3.05) is 57.4 Å². The number of carboxylic acid groups (broad SMARTS) is 1. The van der Waals surface area contributed by atoms with E-state index in [2.05, 4.69) is 126 Å². The highest BCUT2D eigenvalue weighted by molar-refractivity contribution is 7.80. The van der Waals surface area contributed by atoms with Crippen molar-refractivity contribution >= 4 is 150 Å². The number of rotatable bonds is 65. The number of hydrogen-bond acceptors (Lipinski definition) is 28. The second kappa shape index (κ2) is 63.3. The van der Waals surface area contributed by atoms with Crippen LogP contribution in [-0.4, -0.2) is 293 Å². The summed E-state index contributed by atoms with van der Waals surface area (Å²) in [6.07, 6.45) is -1.03. The zero-order chi connectivity index (χ0) is 103. The minimum absolute atomic E-state index is 0.0108. The first-order valence-corrected chi connectivity index (χ1v) is 46.1. The first-order chi connectivity index (χ1) is 64.4. The molecule has 2 aromatic carbocycles. The summed E-state index contributed by atoms with van der Waals surface area (Å²) in [6.45, 7) is 12.1. The molecule has 0 aliphatic carbocycles. The van der Waals surface area contributed by atoms with Crippen molar-refractivity contribution in [1.29, 1.82) is 16.2 Å². The van der Waals surface area contributed by atoms with Crippen LogP contribution in [0.5, 0.6) is 11.5 Å². The molecule has 2 rings (SSSR count). The first-order valence-electron chi connectivity index (χ1n) is 44.8. The van der Waals surface area contributed by atoms with Crippen LogP contribution in [0, 0.1) is 39.9 Å². The van der Waals surface area contributed by atoms with Crippen LogP contribution < -0.4 is 135 Å². The first kappa shape index (κ1) is 120. The Labute approximate surface area is 805 Å². The molecule has 0 bridgehead atoms. The number of thiol groups is 2. The summed E-state index contributed by atoms with van der Waals surface area (Å²) in [5.74, 6) is -21.6. The van der Waals surface area contributed by atoms with Gasteiger partial charge in [0.15, 0.2) is 17.9 Å². The molecule has 52 heteroatoms. The maximum atomic E-state index is 15.0. The van der Waals surface area contributed by atoms with Crippen molar-refractivity contribution in [3.05, 3.63) is 59.7 Å². The standard InChI is InChI=1S/C85H142N28O22S2/c1-42(2)33-51(87)69(121)102-56(27-28-63(88)117)73(125)103-54(15-10-11-29-86)72(124)106-58(35-47-19-23-49(115)24-20-47)76(128)107-59(36-48-21-25-50(116)26-22-48)77(129)111-62(41-137)79(131)104-55(18-14-32-97-85(93)94)74(126)113-67(45(7)8)80(132)105-52(16-12-30-95-83(89)90)70(122)99-37-64(118)98-38-65(119)101-53(17-13-31-96-84(91)92)71(123)110-61(40-136)78(130)100-46(9)68(120)112-66(44(5)6)81(133)108-57(34-43(3)4)75(127)109-60(39-114)82(134)135/h19-26,42-46,51-62,66-67,114-116,136-137H,10-18,27-41,86-87H2,1-9H3,(H2,88,117)(H,98,118)(H,99,122)(H,100,130)(H,101,119)(H,102,121)(H,103,125)(H,104,131)(H,105,132)(H,106,124)(H,107,128)(H,108,133)(H,109,127)(H,110,123)(H,111,129)(H,112,120)(H,113,126)(H,134,135)(H4,89,90,95)(H4,91,92,96)(H4,93,94,97)/t46-,51-,52-,53-,54-,55-,56-,57-,58-,59-,60-,61-,62-,66-,67-/m0/s1. The van der Waals surface area contributed by atoms with Gasteiger partial charge in [0, 0.05) is 50.4 Å². The van der Waals surface area contributed by atoms with Crippen molar-refractivity contribution in [2.45, 2.75) is 249 Å². The number of aliphatic hydroxyl groups excluding tert-OH is 1.